The number of nitrogens with zero attached hydrogens (tertiary/aromatic N) is 4. The van der Waals surface area contributed by atoms with Gasteiger partial charge in [-0.05, 0) is 47.7 Å². The minimum atomic E-state index is 0. The third-order valence-electron chi connectivity index (χ3n) is 5.01. The number of rotatable bonds is 5. The van der Waals surface area contributed by atoms with Gasteiger partial charge >= 0.3 is 0 Å². The fraction of sp³-hybridized carbons (Fsp3) is 0.286. The van der Waals surface area contributed by atoms with Crippen LogP contribution in [-0.2, 0) is 13.0 Å². The maximum absolute atomic E-state index is 4.37. The number of aliphatic imine (C=N–C) groups is 1. The summed E-state index contributed by atoms with van der Waals surface area (Å²) in [5, 5.41) is 11.1. The summed E-state index contributed by atoms with van der Waals surface area (Å²) in [6.45, 7) is 1.57. The zero-order valence-corrected chi connectivity index (χ0v) is 18.2. The molecule has 0 radical (unpaired) electrons. The summed E-state index contributed by atoms with van der Waals surface area (Å²) in [5.41, 5.74) is 4.08. The number of aromatic nitrogens is 3. The summed E-state index contributed by atoms with van der Waals surface area (Å²) >= 11 is 0. The van der Waals surface area contributed by atoms with Crippen LogP contribution in [0.2, 0.25) is 0 Å². The molecule has 0 aliphatic heterocycles. The Morgan fingerprint density at radius 3 is 2.89 bits per heavy atom. The second kappa shape index (κ2) is 9.68. The summed E-state index contributed by atoms with van der Waals surface area (Å²) in [4.78, 5) is 8.72. The van der Waals surface area contributed by atoms with E-state index in [0.717, 1.165) is 23.9 Å². The van der Waals surface area contributed by atoms with E-state index in [1.54, 1.807) is 24.1 Å². The van der Waals surface area contributed by atoms with Gasteiger partial charge in [-0.3, -0.25) is 4.99 Å². The average Bonchev–Trinajstić information content (AvgIpc) is 3.39. The van der Waals surface area contributed by atoms with Crippen molar-refractivity contribution in [2.24, 2.45) is 4.99 Å². The predicted octanol–water partition coefficient (Wildman–Crippen LogP) is 3.28. The smallest absolute Gasteiger partial charge is 0.191 e. The fourth-order valence-corrected chi connectivity index (χ4v) is 3.58. The third-order valence-corrected chi connectivity index (χ3v) is 5.01. The Hall–Kier alpha value is -2.42. The van der Waals surface area contributed by atoms with Crippen LogP contribution in [0, 0.1) is 0 Å². The normalized spacial score (nSPS) is 15.6. The second-order valence-corrected chi connectivity index (χ2v) is 6.71. The molecular weight excluding hydrogens is 463 g/mol. The van der Waals surface area contributed by atoms with Gasteiger partial charge in [0.1, 0.15) is 0 Å². The fourth-order valence-electron chi connectivity index (χ4n) is 3.58. The Morgan fingerprint density at radius 1 is 1.18 bits per heavy atom. The van der Waals surface area contributed by atoms with Gasteiger partial charge < -0.3 is 10.6 Å². The average molecular weight is 488 g/mol. The van der Waals surface area contributed by atoms with E-state index in [1.165, 1.54) is 24.0 Å². The minimum absolute atomic E-state index is 0. The standard InChI is InChI=1S/C21H24N6.HI/c1-22-21(25-15-18-8-7-17-5-2-3-6-19(17)18)24-14-16-9-11-23-20(13-16)27-12-4-10-26-27;/h2-6,9-13,18H,7-8,14-15H2,1H3,(H2,22,24,25);1H. The zero-order chi connectivity index (χ0) is 18.5. The molecule has 1 aliphatic rings. The number of pyridine rings is 1. The van der Waals surface area contributed by atoms with Gasteiger partial charge in [-0.25, -0.2) is 9.67 Å². The van der Waals surface area contributed by atoms with Crippen LogP contribution >= 0.6 is 24.0 Å². The molecule has 6 nitrogen and oxygen atoms in total. The van der Waals surface area contributed by atoms with Crippen LogP contribution in [0.15, 0.2) is 66.0 Å². The van der Waals surface area contributed by atoms with Gasteiger partial charge in [0.05, 0.1) is 0 Å². The first-order valence-corrected chi connectivity index (χ1v) is 9.31. The van der Waals surface area contributed by atoms with Crippen molar-refractivity contribution in [3.63, 3.8) is 0 Å². The summed E-state index contributed by atoms with van der Waals surface area (Å²) in [7, 11) is 1.81. The summed E-state index contributed by atoms with van der Waals surface area (Å²) in [5.74, 6) is 2.17. The van der Waals surface area contributed by atoms with Crippen molar-refractivity contribution in [2.45, 2.75) is 25.3 Å². The summed E-state index contributed by atoms with van der Waals surface area (Å²) < 4.78 is 1.76. The Morgan fingerprint density at radius 2 is 2.07 bits per heavy atom. The molecule has 0 fully saturated rings. The van der Waals surface area contributed by atoms with Crippen LogP contribution in [0.4, 0.5) is 0 Å². The van der Waals surface area contributed by atoms with E-state index in [9.17, 15) is 0 Å². The Labute approximate surface area is 182 Å². The number of nitrogens with one attached hydrogen (secondary N) is 2. The lowest BCUT2D eigenvalue weighted by molar-refractivity contribution is 0.641. The van der Waals surface area contributed by atoms with Gasteiger partial charge in [0.15, 0.2) is 11.8 Å². The Bertz CT molecular complexity index is 922. The molecule has 1 aliphatic carbocycles. The van der Waals surface area contributed by atoms with E-state index in [4.69, 9.17) is 0 Å². The molecule has 0 bridgehead atoms. The van der Waals surface area contributed by atoms with Crippen molar-refractivity contribution in [2.75, 3.05) is 13.6 Å². The predicted molar refractivity (Wildman–Crippen MR) is 122 cm³/mol. The van der Waals surface area contributed by atoms with E-state index >= 15 is 0 Å². The number of hydrogen-bond acceptors (Lipinski definition) is 3. The highest BCUT2D eigenvalue weighted by Crippen LogP contribution is 2.32. The molecule has 0 spiro atoms. The van der Waals surface area contributed by atoms with Gasteiger partial charge in [-0.15, -0.1) is 24.0 Å². The highest BCUT2D eigenvalue weighted by atomic mass is 127. The first kappa shape index (κ1) is 20.3. The minimum Gasteiger partial charge on any atom is -0.356 e. The maximum Gasteiger partial charge on any atom is 0.191 e. The number of guanidine groups is 1. The molecule has 0 amide bonds. The lowest BCUT2D eigenvalue weighted by atomic mass is 10.0. The van der Waals surface area contributed by atoms with E-state index in [1.807, 2.05) is 24.4 Å². The third kappa shape index (κ3) is 4.70. The summed E-state index contributed by atoms with van der Waals surface area (Å²) in [6, 6.07) is 14.7. The van der Waals surface area contributed by atoms with Crippen molar-refractivity contribution in [3.8, 4) is 5.82 Å². The van der Waals surface area contributed by atoms with Crippen LogP contribution in [0.25, 0.3) is 5.82 Å². The summed E-state index contributed by atoms with van der Waals surface area (Å²) in [6.07, 6.45) is 7.81. The van der Waals surface area contributed by atoms with E-state index < -0.39 is 0 Å². The maximum atomic E-state index is 4.37. The van der Waals surface area contributed by atoms with Crippen molar-refractivity contribution < 1.29 is 0 Å². The topological polar surface area (TPSA) is 67.1 Å². The molecule has 7 heteroatoms. The van der Waals surface area contributed by atoms with Crippen LogP contribution in [0.1, 0.15) is 29.0 Å². The molecule has 0 saturated heterocycles. The number of fused-ring (bicyclic) bond motifs is 1. The molecule has 4 rings (SSSR count). The molecule has 2 heterocycles. The molecule has 1 aromatic carbocycles. The van der Waals surface area contributed by atoms with Crippen molar-refractivity contribution in [1.29, 1.82) is 0 Å². The SMILES string of the molecule is CN=C(NCc1ccnc(-n2cccn2)c1)NCC1CCc2ccccc21.I. The van der Waals surface area contributed by atoms with Gasteiger partial charge in [0, 0.05) is 44.6 Å². The quantitative estimate of drug-likeness (QED) is 0.329. The van der Waals surface area contributed by atoms with E-state index in [0.29, 0.717) is 12.5 Å². The van der Waals surface area contributed by atoms with Crippen LogP contribution in [-0.4, -0.2) is 34.3 Å². The molecule has 2 aromatic heterocycles. The lowest BCUT2D eigenvalue weighted by Crippen LogP contribution is -2.38. The largest absolute Gasteiger partial charge is 0.356 e. The van der Waals surface area contributed by atoms with E-state index in [2.05, 4.69) is 50.0 Å². The zero-order valence-electron chi connectivity index (χ0n) is 15.9. The van der Waals surface area contributed by atoms with Gasteiger partial charge in [-0.2, -0.15) is 5.10 Å². The molecule has 0 saturated carbocycles. The number of hydrogen-bond donors (Lipinski definition) is 2. The van der Waals surface area contributed by atoms with Crippen LogP contribution < -0.4 is 10.6 Å². The number of aryl methyl sites for hydroxylation is 1. The molecule has 146 valence electrons. The van der Waals surface area contributed by atoms with Gasteiger partial charge in [0.2, 0.25) is 0 Å². The molecule has 28 heavy (non-hydrogen) atoms. The Kier molecular flexibility index (Phi) is 7.02. The van der Waals surface area contributed by atoms with Crippen LogP contribution in [0.5, 0.6) is 0 Å². The highest BCUT2D eigenvalue weighted by Gasteiger charge is 2.21. The van der Waals surface area contributed by atoms with Crippen molar-refractivity contribution >= 4 is 29.9 Å². The lowest BCUT2D eigenvalue weighted by Gasteiger charge is -2.16. The van der Waals surface area contributed by atoms with Gasteiger partial charge in [0.25, 0.3) is 0 Å². The van der Waals surface area contributed by atoms with Gasteiger partial charge in [-0.1, -0.05) is 24.3 Å². The highest BCUT2D eigenvalue weighted by molar-refractivity contribution is 14.0. The van der Waals surface area contributed by atoms with Crippen molar-refractivity contribution in [3.05, 3.63) is 77.7 Å². The second-order valence-electron chi connectivity index (χ2n) is 6.71. The number of benzene rings is 1. The molecule has 2 N–H and O–H groups in total. The van der Waals surface area contributed by atoms with Crippen LogP contribution in [0.3, 0.4) is 0 Å². The van der Waals surface area contributed by atoms with E-state index in [-0.39, 0.29) is 24.0 Å². The monoisotopic (exact) mass is 488 g/mol. The molecule has 1 atom stereocenters. The molecular formula is C21H25IN6. The molecule has 3 aromatic rings. The molecule has 1 unspecified atom stereocenters. The van der Waals surface area contributed by atoms with Crippen molar-refractivity contribution in [1.82, 2.24) is 25.4 Å². The first-order chi connectivity index (χ1) is 13.3. The number of halogens is 1. The first-order valence-electron chi connectivity index (χ1n) is 9.31. The Balaban J connectivity index is 0.00000225.